The molecule has 0 aliphatic heterocycles. The first-order chi connectivity index (χ1) is 12.6. The average molecular weight is 400 g/mol. The molecule has 0 bridgehead atoms. The standard InChI is InChI=1S/C19H11Cl2N3OS/c20-14-7-4-12(5-8-14)6-9-17-22-19-24(23-17)18(25)16(26-19)11-13-2-1-3-15(21)10-13/h1-11H. The minimum absolute atomic E-state index is 0.191. The smallest absolute Gasteiger partial charge is 0.266 e. The van der Waals surface area contributed by atoms with Crippen LogP contribution in [0.4, 0.5) is 0 Å². The Hall–Kier alpha value is -2.47. The van der Waals surface area contributed by atoms with Crippen LogP contribution in [0.15, 0.2) is 53.3 Å². The molecule has 4 nitrogen and oxygen atoms in total. The van der Waals surface area contributed by atoms with E-state index in [2.05, 4.69) is 10.1 Å². The molecular weight excluding hydrogens is 389 g/mol. The maximum Gasteiger partial charge on any atom is 0.291 e. The first-order valence-electron chi connectivity index (χ1n) is 7.69. The first kappa shape index (κ1) is 17.0. The minimum Gasteiger partial charge on any atom is -0.266 e. The van der Waals surface area contributed by atoms with Gasteiger partial charge < -0.3 is 0 Å². The summed E-state index contributed by atoms with van der Waals surface area (Å²) in [5, 5.41) is 5.58. The van der Waals surface area contributed by atoms with Crippen LogP contribution in [-0.4, -0.2) is 14.6 Å². The Morgan fingerprint density at radius 3 is 2.50 bits per heavy atom. The topological polar surface area (TPSA) is 47.3 Å². The molecule has 0 saturated carbocycles. The van der Waals surface area contributed by atoms with E-state index in [4.69, 9.17) is 23.2 Å². The molecule has 0 saturated heterocycles. The van der Waals surface area contributed by atoms with Gasteiger partial charge in [0.2, 0.25) is 4.96 Å². The highest BCUT2D eigenvalue weighted by Gasteiger charge is 2.08. The summed E-state index contributed by atoms with van der Waals surface area (Å²) >= 11 is 13.2. The lowest BCUT2D eigenvalue weighted by atomic mass is 10.2. The van der Waals surface area contributed by atoms with Gasteiger partial charge in [-0.25, -0.2) is 0 Å². The van der Waals surface area contributed by atoms with Crippen LogP contribution in [-0.2, 0) is 0 Å². The van der Waals surface area contributed by atoms with Gasteiger partial charge in [0.05, 0.1) is 4.53 Å². The largest absolute Gasteiger partial charge is 0.291 e. The van der Waals surface area contributed by atoms with Crippen LogP contribution in [0.1, 0.15) is 17.0 Å². The van der Waals surface area contributed by atoms with Crippen molar-refractivity contribution in [1.82, 2.24) is 14.6 Å². The number of benzene rings is 2. The number of nitrogens with zero attached hydrogens (tertiary/aromatic N) is 3. The molecule has 0 amide bonds. The van der Waals surface area contributed by atoms with Gasteiger partial charge in [0, 0.05) is 10.0 Å². The zero-order valence-corrected chi connectivity index (χ0v) is 15.6. The van der Waals surface area contributed by atoms with E-state index in [0.29, 0.717) is 25.4 Å². The molecule has 2 aromatic carbocycles. The lowest BCUT2D eigenvalue weighted by molar-refractivity contribution is 0.925. The summed E-state index contributed by atoms with van der Waals surface area (Å²) in [6.45, 7) is 0. The van der Waals surface area contributed by atoms with Crippen molar-refractivity contribution >= 4 is 57.7 Å². The monoisotopic (exact) mass is 399 g/mol. The Morgan fingerprint density at radius 1 is 0.962 bits per heavy atom. The minimum atomic E-state index is -0.191. The van der Waals surface area contributed by atoms with E-state index in [1.807, 2.05) is 42.5 Å². The van der Waals surface area contributed by atoms with Gasteiger partial charge in [0.25, 0.3) is 5.56 Å². The second kappa shape index (κ2) is 7.03. The lowest BCUT2D eigenvalue weighted by Gasteiger charge is -1.92. The fourth-order valence-corrected chi connectivity index (χ4v) is 3.65. The van der Waals surface area contributed by atoms with Crippen molar-refractivity contribution in [1.29, 1.82) is 0 Å². The zero-order valence-electron chi connectivity index (χ0n) is 13.3. The number of thiazole rings is 1. The normalized spacial score (nSPS) is 12.5. The summed E-state index contributed by atoms with van der Waals surface area (Å²) in [5.74, 6) is 0.484. The molecular formula is C19H11Cl2N3OS. The number of fused-ring (bicyclic) bond motifs is 1. The van der Waals surface area contributed by atoms with Gasteiger partial charge in [-0.1, -0.05) is 64.9 Å². The van der Waals surface area contributed by atoms with Crippen LogP contribution >= 0.6 is 34.5 Å². The van der Waals surface area contributed by atoms with E-state index in [9.17, 15) is 4.79 Å². The number of hydrogen-bond donors (Lipinski definition) is 0. The van der Waals surface area contributed by atoms with Gasteiger partial charge in [0.15, 0.2) is 5.82 Å². The third kappa shape index (κ3) is 3.55. The van der Waals surface area contributed by atoms with Crippen LogP contribution in [0.5, 0.6) is 0 Å². The fourth-order valence-electron chi connectivity index (χ4n) is 2.41. The Morgan fingerprint density at radius 2 is 1.77 bits per heavy atom. The number of hydrogen-bond acceptors (Lipinski definition) is 4. The summed E-state index contributed by atoms with van der Waals surface area (Å²) in [6, 6.07) is 14.7. The van der Waals surface area contributed by atoms with Crippen molar-refractivity contribution in [3.8, 4) is 0 Å². The molecule has 7 heteroatoms. The fraction of sp³-hybridized carbons (Fsp3) is 0. The van der Waals surface area contributed by atoms with Gasteiger partial charge in [-0.3, -0.25) is 4.79 Å². The Balaban J connectivity index is 1.67. The van der Waals surface area contributed by atoms with Crippen molar-refractivity contribution in [3.05, 3.63) is 90.4 Å². The van der Waals surface area contributed by atoms with E-state index in [1.54, 1.807) is 24.3 Å². The molecule has 2 aromatic heterocycles. The van der Waals surface area contributed by atoms with Gasteiger partial charge in [-0.15, -0.1) is 5.10 Å². The average Bonchev–Trinajstić information content (AvgIpc) is 3.14. The maximum absolute atomic E-state index is 12.5. The molecule has 26 heavy (non-hydrogen) atoms. The van der Waals surface area contributed by atoms with Crippen LogP contribution in [0.25, 0.3) is 23.2 Å². The predicted octanol–water partition coefficient (Wildman–Crippen LogP) is 4.18. The summed E-state index contributed by atoms with van der Waals surface area (Å²) < 4.78 is 1.89. The van der Waals surface area contributed by atoms with Gasteiger partial charge in [0.1, 0.15) is 0 Å². The third-order valence-corrected chi connectivity index (χ3v) is 5.09. The van der Waals surface area contributed by atoms with Gasteiger partial charge in [-0.05, 0) is 47.5 Å². The Labute approximate surface area is 162 Å². The van der Waals surface area contributed by atoms with E-state index >= 15 is 0 Å². The van der Waals surface area contributed by atoms with Crippen molar-refractivity contribution in [2.75, 3.05) is 0 Å². The summed E-state index contributed by atoms with van der Waals surface area (Å²) in [6.07, 6.45) is 5.43. The highest BCUT2D eigenvalue weighted by atomic mass is 35.5. The second-order valence-electron chi connectivity index (χ2n) is 5.52. The molecule has 0 radical (unpaired) electrons. The van der Waals surface area contributed by atoms with Crippen LogP contribution < -0.4 is 10.1 Å². The molecule has 0 fully saturated rings. The summed E-state index contributed by atoms with van der Waals surface area (Å²) in [4.78, 5) is 17.5. The zero-order chi connectivity index (χ0) is 18.1. The molecule has 4 aromatic rings. The first-order valence-corrected chi connectivity index (χ1v) is 9.26. The van der Waals surface area contributed by atoms with E-state index < -0.39 is 0 Å². The highest BCUT2D eigenvalue weighted by Crippen LogP contribution is 2.13. The molecule has 0 unspecified atom stereocenters. The highest BCUT2D eigenvalue weighted by molar-refractivity contribution is 7.15. The quantitative estimate of drug-likeness (QED) is 0.519. The molecule has 2 heterocycles. The molecule has 0 aliphatic carbocycles. The van der Waals surface area contributed by atoms with E-state index in [-0.39, 0.29) is 5.56 Å². The van der Waals surface area contributed by atoms with E-state index in [1.165, 1.54) is 15.9 Å². The Kier molecular flexibility index (Phi) is 4.59. The predicted molar refractivity (Wildman–Crippen MR) is 108 cm³/mol. The maximum atomic E-state index is 12.5. The number of aromatic nitrogens is 3. The van der Waals surface area contributed by atoms with Gasteiger partial charge in [-0.2, -0.15) is 9.50 Å². The van der Waals surface area contributed by atoms with Crippen molar-refractivity contribution in [2.24, 2.45) is 0 Å². The molecule has 4 rings (SSSR count). The Bertz CT molecular complexity index is 1230. The van der Waals surface area contributed by atoms with E-state index in [0.717, 1.165) is 11.1 Å². The van der Waals surface area contributed by atoms with Crippen LogP contribution in [0, 0.1) is 0 Å². The van der Waals surface area contributed by atoms with Crippen LogP contribution in [0.3, 0.4) is 0 Å². The SMILES string of the molecule is O=c1c(=Cc2cccc(Cl)c2)sc2nc(C=Cc3ccc(Cl)cc3)nn12. The molecule has 0 N–H and O–H groups in total. The summed E-state index contributed by atoms with van der Waals surface area (Å²) in [7, 11) is 0. The molecule has 128 valence electrons. The third-order valence-electron chi connectivity index (χ3n) is 3.64. The van der Waals surface area contributed by atoms with Crippen molar-refractivity contribution < 1.29 is 0 Å². The lowest BCUT2D eigenvalue weighted by Crippen LogP contribution is -2.23. The van der Waals surface area contributed by atoms with Crippen molar-refractivity contribution in [2.45, 2.75) is 0 Å². The van der Waals surface area contributed by atoms with Gasteiger partial charge >= 0.3 is 0 Å². The molecule has 0 atom stereocenters. The molecule has 0 spiro atoms. The number of rotatable bonds is 3. The second-order valence-corrected chi connectivity index (χ2v) is 7.40. The van der Waals surface area contributed by atoms with Crippen LogP contribution in [0.2, 0.25) is 10.0 Å². The number of halogens is 2. The van der Waals surface area contributed by atoms with Crippen molar-refractivity contribution in [3.63, 3.8) is 0 Å². The summed E-state index contributed by atoms with van der Waals surface area (Å²) in [5.41, 5.74) is 1.65. The molecule has 0 aliphatic rings.